The zero-order chi connectivity index (χ0) is 31.7. The van der Waals surface area contributed by atoms with Crippen molar-refractivity contribution in [2.24, 2.45) is 0 Å². The fourth-order valence-corrected chi connectivity index (χ4v) is 0.493. The number of phenols is 2. The van der Waals surface area contributed by atoms with Crippen LogP contribution in [0, 0.1) is 0 Å². The Hall–Kier alpha value is -5.92. The molecule has 38 heavy (non-hydrogen) atoms. The van der Waals surface area contributed by atoms with Crippen LogP contribution in [0.5, 0.6) is 11.5 Å². The first-order valence-electron chi connectivity index (χ1n) is 9.02. The molecule has 8 N–H and O–H groups in total. The Morgan fingerprint density at radius 1 is 0.447 bits per heavy atom. The van der Waals surface area contributed by atoms with Crippen molar-refractivity contribution in [3.05, 3.63) is 100 Å². The van der Waals surface area contributed by atoms with Crippen molar-refractivity contribution in [1.82, 2.24) is 0 Å². The van der Waals surface area contributed by atoms with Crippen LogP contribution in [0.2, 0.25) is 0 Å². The van der Waals surface area contributed by atoms with Crippen molar-refractivity contribution >= 4 is 35.8 Å². The van der Waals surface area contributed by atoms with E-state index >= 15 is 0 Å². The Labute approximate surface area is 217 Å². The first-order valence-corrected chi connectivity index (χ1v) is 9.02. The van der Waals surface area contributed by atoms with Crippen LogP contribution in [0.25, 0.3) is 0 Å². The summed E-state index contributed by atoms with van der Waals surface area (Å²) in [6, 6.07) is 5.85. The molecule has 0 aliphatic rings. The molecule has 0 spiro atoms. The molecule has 1 aromatic carbocycles. The van der Waals surface area contributed by atoms with Crippen molar-refractivity contribution in [3.63, 3.8) is 0 Å². The molecule has 0 bridgehead atoms. The second kappa shape index (κ2) is 35.7. The standard InChI is InChI=1S/C6H6O2.6C3H4O2/c7-5-2-1-3-6(8)4-5;6*1-2-3(4)5/h1-4,7-8H;6*2H,1H2,(H,4,5). The lowest BCUT2D eigenvalue weighted by Crippen LogP contribution is -1.82. The number of hydrogen-bond donors (Lipinski definition) is 8. The average molecular weight is 542 g/mol. The first kappa shape index (κ1) is 45.6. The van der Waals surface area contributed by atoms with E-state index in [4.69, 9.17) is 40.9 Å². The monoisotopic (exact) mass is 542 g/mol. The molecular weight excluding hydrogens is 512 g/mol. The fraction of sp³-hybridized carbons (Fsp3) is 0. The highest BCUT2D eigenvalue weighted by Crippen LogP contribution is 2.14. The van der Waals surface area contributed by atoms with E-state index in [-0.39, 0.29) is 11.5 Å². The third-order valence-electron chi connectivity index (χ3n) is 1.88. The van der Waals surface area contributed by atoms with Crippen LogP contribution in [-0.2, 0) is 28.8 Å². The van der Waals surface area contributed by atoms with E-state index in [1.807, 2.05) is 0 Å². The van der Waals surface area contributed by atoms with E-state index in [9.17, 15) is 28.8 Å². The van der Waals surface area contributed by atoms with Crippen LogP contribution in [0.15, 0.2) is 100 Å². The maximum atomic E-state index is 9.25. The molecule has 0 saturated heterocycles. The number of aromatic hydroxyl groups is 2. The number of carboxylic acids is 6. The van der Waals surface area contributed by atoms with Gasteiger partial charge in [0.05, 0.1) is 0 Å². The quantitative estimate of drug-likeness (QED) is 0.240. The van der Waals surface area contributed by atoms with Gasteiger partial charge in [-0.25, -0.2) is 28.8 Å². The number of hydrogen-bond acceptors (Lipinski definition) is 8. The van der Waals surface area contributed by atoms with Crippen LogP contribution < -0.4 is 0 Å². The molecular formula is C24H30O14. The van der Waals surface area contributed by atoms with Crippen LogP contribution in [0.4, 0.5) is 0 Å². The Morgan fingerprint density at radius 3 is 0.632 bits per heavy atom. The van der Waals surface area contributed by atoms with Gasteiger partial charge in [0, 0.05) is 42.5 Å². The van der Waals surface area contributed by atoms with Crippen LogP contribution in [0.1, 0.15) is 0 Å². The van der Waals surface area contributed by atoms with E-state index in [2.05, 4.69) is 39.5 Å². The van der Waals surface area contributed by atoms with Crippen molar-refractivity contribution in [2.75, 3.05) is 0 Å². The summed E-state index contributed by atoms with van der Waals surface area (Å²) in [6.07, 6.45) is 5.00. The molecule has 0 heterocycles. The maximum absolute atomic E-state index is 9.25. The zero-order valence-corrected chi connectivity index (χ0v) is 20.0. The van der Waals surface area contributed by atoms with E-state index in [0.717, 1.165) is 36.5 Å². The van der Waals surface area contributed by atoms with E-state index in [1.165, 1.54) is 18.2 Å². The lowest BCUT2D eigenvalue weighted by Gasteiger charge is -1.89. The van der Waals surface area contributed by atoms with E-state index < -0.39 is 35.8 Å². The molecule has 0 amide bonds. The number of carbonyl (C=O) groups is 6. The Morgan fingerprint density at radius 2 is 0.579 bits per heavy atom. The topological polar surface area (TPSA) is 264 Å². The highest BCUT2D eigenvalue weighted by Gasteiger charge is 1.85. The Balaban J connectivity index is -0.0000000795. The Kier molecular flexibility index (Phi) is 42.8. The van der Waals surface area contributed by atoms with Gasteiger partial charge in [-0.15, -0.1) is 0 Å². The molecule has 1 rings (SSSR count). The number of benzene rings is 1. The van der Waals surface area contributed by atoms with Gasteiger partial charge < -0.3 is 40.9 Å². The molecule has 0 aliphatic carbocycles. The Bertz CT molecular complexity index is 773. The summed E-state index contributed by atoms with van der Waals surface area (Å²) >= 11 is 0. The van der Waals surface area contributed by atoms with E-state index in [0.29, 0.717) is 0 Å². The number of rotatable bonds is 6. The van der Waals surface area contributed by atoms with Crippen molar-refractivity contribution < 1.29 is 69.6 Å². The van der Waals surface area contributed by atoms with Gasteiger partial charge in [0.2, 0.25) is 0 Å². The minimum Gasteiger partial charge on any atom is -0.508 e. The van der Waals surface area contributed by atoms with Gasteiger partial charge >= 0.3 is 35.8 Å². The lowest BCUT2D eigenvalue weighted by molar-refractivity contribution is -0.132. The predicted octanol–water partition coefficient (Wildman–Crippen LogP) is 2.64. The van der Waals surface area contributed by atoms with Gasteiger partial charge in [-0.1, -0.05) is 45.5 Å². The zero-order valence-electron chi connectivity index (χ0n) is 20.0. The summed E-state index contributed by atoms with van der Waals surface area (Å²) in [7, 11) is 0. The molecule has 14 heteroatoms. The minimum atomic E-state index is -0.981. The summed E-state index contributed by atoms with van der Waals surface area (Å²) < 4.78 is 0. The van der Waals surface area contributed by atoms with Crippen molar-refractivity contribution in [3.8, 4) is 11.5 Å². The highest BCUT2D eigenvalue weighted by atomic mass is 16.4. The third-order valence-corrected chi connectivity index (χ3v) is 1.88. The average Bonchev–Trinajstić information content (AvgIpc) is 2.85. The molecule has 0 radical (unpaired) electrons. The molecule has 0 aromatic heterocycles. The van der Waals surface area contributed by atoms with Gasteiger partial charge in [0.15, 0.2) is 0 Å². The van der Waals surface area contributed by atoms with Crippen LogP contribution in [0.3, 0.4) is 0 Å². The van der Waals surface area contributed by atoms with Crippen LogP contribution in [-0.4, -0.2) is 76.7 Å². The van der Waals surface area contributed by atoms with Gasteiger partial charge in [-0.2, -0.15) is 0 Å². The van der Waals surface area contributed by atoms with Gasteiger partial charge in [0.1, 0.15) is 11.5 Å². The van der Waals surface area contributed by atoms with Gasteiger partial charge in [0.25, 0.3) is 0 Å². The molecule has 14 nitrogen and oxygen atoms in total. The summed E-state index contributed by atoms with van der Waals surface area (Å²) in [5, 5.41) is 62.9. The SMILES string of the molecule is C=CC(=O)O.C=CC(=O)O.C=CC(=O)O.C=CC(=O)O.C=CC(=O)O.C=CC(=O)O.Oc1cccc(O)c1. The second-order valence-corrected chi connectivity index (χ2v) is 4.77. The van der Waals surface area contributed by atoms with Gasteiger partial charge in [-0.05, 0) is 12.1 Å². The van der Waals surface area contributed by atoms with Crippen LogP contribution >= 0.6 is 0 Å². The molecule has 0 atom stereocenters. The summed E-state index contributed by atoms with van der Waals surface area (Å²) in [5.41, 5.74) is 0. The molecule has 0 saturated carbocycles. The maximum Gasteiger partial charge on any atom is 0.327 e. The van der Waals surface area contributed by atoms with Gasteiger partial charge in [-0.3, -0.25) is 0 Å². The highest BCUT2D eigenvalue weighted by molar-refractivity contribution is 5.80. The minimum absolute atomic E-state index is 0.0880. The number of phenolic OH excluding ortho intramolecular Hbond substituents is 2. The lowest BCUT2D eigenvalue weighted by atomic mass is 10.3. The number of carboxylic acid groups (broad SMARTS) is 6. The summed E-state index contributed by atoms with van der Waals surface area (Å²) in [5.74, 6) is -5.71. The molecule has 210 valence electrons. The second-order valence-electron chi connectivity index (χ2n) is 4.77. The largest absolute Gasteiger partial charge is 0.508 e. The summed E-state index contributed by atoms with van der Waals surface area (Å²) in [6.45, 7) is 17.8. The third kappa shape index (κ3) is 98.4. The molecule has 0 unspecified atom stereocenters. The molecule has 0 fully saturated rings. The van der Waals surface area contributed by atoms with Crippen molar-refractivity contribution in [1.29, 1.82) is 0 Å². The fourth-order valence-electron chi connectivity index (χ4n) is 0.493. The number of aliphatic carboxylic acids is 6. The smallest absolute Gasteiger partial charge is 0.327 e. The van der Waals surface area contributed by atoms with E-state index in [1.54, 1.807) is 6.07 Å². The normalized spacial score (nSPS) is 6.95. The molecule has 0 aliphatic heterocycles. The predicted molar refractivity (Wildman–Crippen MR) is 137 cm³/mol. The van der Waals surface area contributed by atoms with Crippen molar-refractivity contribution in [2.45, 2.75) is 0 Å². The first-order chi connectivity index (χ1) is 17.4. The summed E-state index contributed by atoms with van der Waals surface area (Å²) in [4.78, 5) is 55.5. The molecule has 1 aromatic rings.